The van der Waals surface area contributed by atoms with Gasteiger partial charge in [0.2, 0.25) is 0 Å². The van der Waals surface area contributed by atoms with Gasteiger partial charge in [0.15, 0.2) is 0 Å². The third-order valence-corrected chi connectivity index (χ3v) is 5.41. The van der Waals surface area contributed by atoms with E-state index in [2.05, 4.69) is 22.6 Å². The van der Waals surface area contributed by atoms with Crippen molar-refractivity contribution in [2.75, 3.05) is 14.1 Å². The summed E-state index contributed by atoms with van der Waals surface area (Å²) in [4.78, 5) is 14.0. The van der Waals surface area contributed by atoms with Crippen LogP contribution in [0, 0.1) is 9.49 Å². The van der Waals surface area contributed by atoms with E-state index in [9.17, 15) is 4.79 Å². The van der Waals surface area contributed by atoms with Gasteiger partial charge in [0, 0.05) is 25.7 Å². The normalized spacial score (nSPS) is 34.3. The molecule has 2 aliphatic rings. The molecule has 116 valence electrons. The molecule has 0 radical (unpaired) electrons. The Hall–Kier alpha value is -0.330. The fourth-order valence-electron chi connectivity index (χ4n) is 3.71. The molecule has 2 aliphatic heterocycles. The molecule has 5 heteroatoms. The molecule has 2 fully saturated rings. The van der Waals surface area contributed by atoms with Crippen molar-refractivity contribution in [3.63, 3.8) is 0 Å². The quantitative estimate of drug-likeness (QED) is 0.538. The number of esters is 1. The van der Waals surface area contributed by atoms with E-state index >= 15 is 0 Å². The molecule has 0 saturated carbocycles. The fourth-order valence-corrected chi connectivity index (χ4v) is 4.07. The van der Waals surface area contributed by atoms with Crippen LogP contribution in [0.15, 0.2) is 24.3 Å². The molecule has 0 N–H and O–H groups in total. The molecule has 0 aromatic heterocycles. The van der Waals surface area contributed by atoms with Gasteiger partial charge in [0.25, 0.3) is 0 Å². The lowest BCUT2D eigenvalue weighted by Crippen LogP contribution is -2.49. The van der Waals surface area contributed by atoms with Crippen molar-refractivity contribution >= 4 is 41.0 Å². The minimum atomic E-state index is -2.16. The summed E-state index contributed by atoms with van der Waals surface area (Å²) >= 11 is 2.25. The Labute approximate surface area is 150 Å². The third-order valence-electron chi connectivity index (χ3n) is 4.69. The maximum atomic E-state index is 12.4. The molecule has 0 unspecified atom stereocenters. The van der Waals surface area contributed by atoms with Gasteiger partial charge in [-0.3, -0.25) is 9.69 Å². The predicted octanol–water partition coefficient (Wildman–Crippen LogP) is 3.45. The number of methoxy groups -OCH3 is 1. The van der Waals surface area contributed by atoms with E-state index in [1.165, 1.54) is 7.11 Å². The molecule has 3 nitrogen and oxygen atoms in total. The standard InChI is InChI=1S/C16H20INO2.ClH/c1-18-12-7-8-14(18)15(16(19)20-2)13(9-12)10-3-5-11(17)6-4-10;/h3-6,12-15H,7-9H2,1-2H3;1H/t12-,13+,14+,15-;/m0./s1/i1D3;. The maximum Gasteiger partial charge on any atom is 0.310 e. The Morgan fingerprint density at radius 3 is 2.71 bits per heavy atom. The van der Waals surface area contributed by atoms with E-state index in [-0.39, 0.29) is 36.4 Å². The Bertz CT molecular complexity index is 596. The SMILES string of the molecule is Cl.[2H]C([2H])([2H])N1[C@H]2CC[C@@H]1[C@@H](C(=O)OC)[C@@H](c1ccc(I)cc1)C2. The molecule has 1 aromatic rings. The Morgan fingerprint density at radius 1 is 1.38 bits per heavy atom. The number of fused-ring (bicyclic) bond motifs is 2. The zero-order valence-electron chi connectivity index (χ0n) is 14.8. The summed E-state index contributed by atoms with van der Waals surface area (Å²) < 4.78 is 29.6. The van der Waals surface area contributed by atoms with Gasteiger partial charge in [-0.25, -0.2) is 0 Å². The number of benzene rings is 1. The van der Waals surface area contributed by atoms with Crippen molar-refractivity contribution in [2.24, 2.45) is 5.92 Å². The molecular weight excluding hydrogens is 401 g/mol. The highest BCUT2D eigenvalue weighted by Gasteiger charge is 2.49. The van der Waals surface area contributed by atoms with E-state index in [0.717, 1.165) is 22.0 Å². The van der Waals surface area contributed by atoms with Gasteiger partial charge in [0.05, 0.1) is 13.0 Å². The Kier molecular flexibility index (Phi) is 4.28. The average molecular weight is 425 g/mol. The minimum Gasteiger partial charge on any atom is -0.469 e. The first-order valence-corrected chi connectivity index (χ1v) is 8.02. The minimum absolute atomic E-state index is 0. The van der Waals surface area contributed by atoms with Crippen LogP contribution in [0.2, 0.25) is 0 Å². The van der Waals surface area contributed by atoms with E-state index in [4.69, 9.17) is 8.85 Å². The summed E-state index contributed by atoms with van der Waals surface area (Å²) in [5.74, 6) is -0.692. The molecular formula is C16H21ClINO2. The number of ether oxygens (including phenoxy) is 1. The second kappa shape index (κ2) is 6.84. The number of hydrogen-bond donors (Lipinski definition) is 0. The molecule has 2 saturated heterocycles. The van der Waals surface area contributed by atoms with Crippen LogP contribution in [0.5, 0.6) is 0 Å². The maximum absolute atomic E-state index is 12.4. The Morgan fingerprint density at radius 2 is 2.10 bits per heavy atom. The number of carbonyl (C=O) groups excluding carboxylic acids is 1. The molecule has 3 rings (SSSR count). The van der Waals surface area contributed by atoms with Gasteiger partial charge < -0.3 is 4.74 Å². The number of halogens is 2. The second-order valence-corrected chi connectivity index (χ2v) is 6.89. The summed E-state index contributed by atoms with van der Waals surface area (Å²) in [6.07, 6.45) is 2.26. The molecule has 2 bridgehead atoms. The number of nitrogens with zero attached hydrogens (tertiary/aromatic N) is 1. The van der Waals surface area contributed by atoms with Crippen LogP contribution in [-0.4, -0.2) is 37.0 Å². The lowest BCUT2D eigenvalue weighted by Gasteiger charge is -2.41. The average Bonchev–Trinajstić information content (AvgIpc) is 2.82. The van der Waals surface area contributed by atoms with E-state index < -0.39 is 12.9 Å². The topological polar surface area (TPSA) is 29.5 Å². The van der Waals surface area contributed by atoms with E-state index in [0.29, 0.717) is 6.42 Å². The molecule has 2 heterocycles. The van der Waals surface area contributed by atoms with Gasteiger partial charge in [-0.1, -0.05) is 12.1 Å². The number of hydrogen-bond acceptors (Lipinski definition) is 3. The fraction of sp³-hybridized carbons (Fsp3) is 0.562. The molecule has 0 amide bonds. The molecule has 1 aromatic carbocycles. The first-order valence-electron chi connectivity index (χ1n) is 8.44. The predicted molar refractivity (Wildman–Crippen MR) is 93.8 cm³/mol. The molecule has 0 aliphatic carbocycles. The lowest BCUT2D eigenvalue weighted by atomic mass is 9.76. The van der Waals surface area contributed by atoms with Gasteiger partial charge in [-0.05, 0) is 66.5 Å². The van der Waals surface area contributed by atoms with Gasteiger partial charge in [-0.2, -0.15) is 0 Å². The lowest BCUT2D eigenvalue weighted by molar-refractivity contribution is -0.150. The van der Waals surface area contributed by atoms with Crippen LogP contribution in [0.4, 0.5) is 0 Å². The number of piperidine rings is 1. The van der Waals surface area contributed by atoms with Crippen molar-refractivity contribution in [3.05, 3.63) is 33.4 Å². The van der Waals surface area contributed by atoms with Crippen LogP contribution in [0.3, 0.4) is 0 Å². The zero-order valence-corrected chi connectivity index (χ0v) is 14.8. The first-order chi connectivity index (χ1) is 10.8. The summed E-state index contributed by atoms with van der Waals surface area (Å²) in [5.41, 5.74) is 1.10. The van der Waals surface area contributed by atoms with Gasteiger partial charge in [0.1, 0.15) is 0 Å². The summed E-state index contributed by atoms with van der Waals surface area (Å²) in [5, 5.41) is 0. The van der Waals surface area contributed by atoms with Crippen molar-refractivity contribution in [3.8, 4) is 0 Å². The van der Waals surface area contributed by atoms with Crippen LogP contribution < -0.4 is 0 Å². The van der Waals surface area contributed by atoms with Crippen molar-refractivity contribution in [1.29, 1.82) is 0 Å². The van der Waals surface area contributed by atoms with Crippen molar-refractivity contribution in [1.82, 2.24) is 4.90 Å². The summed E-state index contributed by atoms with van der Waals surface area (Å²) in [6, 6.07) is 7.90. The highest BCUT2D eigenvalue weighted by molar-refractivity contribution is 14.1. The van der Waals surface area contributed by atoms with Crippen LogP contribution in [-0.2, 0) is 9.53 Å². The first kappa shape index (κ1) is 13.1. The van der Waals surface area contributed by atoms with E-state index in [1.807, 2.05) is 24.3 Å². The smallest absolute Gasteiger partial charge is 0.310 e. The van der Waals surface area contributed by atoms with Gasteiger partial charge in [-0.15, -0.1) is 12.4 Å². The molecule has 0 spiro atoms. The van der Waals surface area contributed by atoms with Crippen LogP contribution >= 0.6 is 35.0 Å². The summed E-state index contributed by atoms with van der Waals surface area (Å²) in [7, 11) is 1.38. The Balaban J connectivity index is 0.00000208. The molecule has 4 atom stereocenters. The monoisotopic (exact) mass is 424 g/mol. The zero-order chi connectivity index (χ0) is 16.8. The second-order valence-electron chi connectivity index (χ2n) is 5.65. The van der Waals surface area contributed by atoms with Crippen molar-refractivity contribution < 1.29 is 13.6 Å². The third kappa shape index (κ3) is 3.08. The molecule has 21 heavy (non-hydrogen) atoms. The highest BCUT2D eigenvalue weighted by atomic mass is 127. The van der Waals surface area contributed by atoms with Crippen molar-refractivity contribution in [2.45, 2.75) is 37.3 Å². The van der Waals surface area contributed by atoms with Gasteiger partial charge >= 0.3 is 5.97 Å². The summed E-state index contributed by atoms with van der Waals surface area (Å²) in [6.45, 7) is -2.16. The van der Waals surface area contributed by atoms with Crippen LogP contribution in [0.25, 0.3) is 0 Å². The van der Waals surface area contributed by atoms with E-state index in [1.54, 1.807) is 4.90 Å². The van der Waals surface area contributed by atoms with Crippen LogP contribution in [0.1, 0.15) is 34.9 Å². The number of rotatable bonds is 2. The largest absolute Gasteiger partial charge is 0.469 e. The highest BCUT2D eigenvalue weighted by Crippen LogP contribution is 2.46. The number of carbonyl (C=O) groups is 1.